The molecular formula is C22H25ClFN5O. The Morgan fingerprint density at radius 1 is 1.23 bits per heavy atom. The van der Waals surface area contributed by atoms with Crippen molar-refractivity contribution in [3.63, 3.8) is 0 Å². The van der Waals surface area contributed by atoms with Crippen molar-refractivity contribution in [2.45, 2.75) is 33.4 Å². The van der Waals surface area contributed by atoms with Crippen LogP contribution in [0.5, 0.6) is 0 Å². The van der Waals surface area contributed by atoms with Crippen LogP contribution in [0.4, 0.5) is 4.39 Å². The van der Waals surface area contributed by atoms with Gasteiger partial charge in [0.15, 0.2) is 5.65 Å². The van der Waals surface area contributed by atoms with E-state index in [2.05, 4.69) is 28.8 Å². The minimum atomic E-state index is -0.294. The Hall–Kier alpha value is -2.51. The SMILES string of the molecule is Cc1nc2c(cnn2C(C)C)cc1C(=O)N1CCN(Cc2c(F)cccc2Cl)CC1. The number of amides is 1. The second-order valence-corrected chi connectivity index (χ2v) is 8.39. The van der Waals surface area contributed by atoms with Crippen LogP contribution in [0, 0.1) is 12.7 Å². The van der Waals surface area contributed by atoms with Gasteiger partial charge in [-0.25, -0.2) is 14.1 Å². The van der Waals surface area contributed by atoms with E-state index in [0.717, 1.165) is 11.0 Å². The average molecular weight is 430 g/mol. The lowest BCUT2D eigenvalue weighted by atomic mass is 10.1. The number of nitrogens with zero attached hydrogens (tertiary/aromatic N) is 5. The van der Waals surface area contributed by atoms with E-state index in [-0.39, 0.29) is 17.8 Å². The largest absolute Gasteiger partial charge is 0.336 e. The molecule has 4 rings (SSSR count). The number of benzene rings is 1. The van der Waals surface area contributed by atoms with Crippen LogP contribution in [0.2, 0.25) is 5.02 Å². The Balaban J connectivity index is 1.46. The fourth-order valence-electron chi connectivity index (χ4n) is 3.85. The molecule has 1 aliphatic heterocycles. The molecule has 1 aromatic carbocycles. The van der Waals surface area contributed by atoms with E-state index in [1.54, 1.807) is 18.3 Å². The fraction of sp³-hybridized carbons (Fsp3) is 0.409. The molecule has 0 spiro atoms. The molecule has 0 unspecified atom stereocenters. The topological polar surface area (TPSA) is 54.3 Å². The number of hydrogen-bond acceptors (Lipinski definition) is 4. The molecular weight excluding hydrogens is 405 g/mol. The Morgan fingerprint density at radius 2 is 1.97 bits per heavy atom. The number of fused-ring (bicyclic) bond motifs is 1. The predicted octanol–water partition coefficient (Wildman–Crippen LogP) is 4.07. The number of hydrogen-bond donors (Lipinski definition) is 0. The third-order valence-corrected chi connectivity index (χ3v) is 5.94. The van der Waals surface area contributed by atoms with Crippen molar-refractivity contribution in [2.75, 3.05) is 26.2 Å². The van der Waals surface area contributed by atoms with Crippen molar-refractivity contribution in [3.8, 4) is 0 Å². The number of pyridine rings is 1. The first-order chi connectivity index (χ1) is 14.3. The third-order valence-electron chi connectivity index (χ3n) is 5.58. The zero-order valence-corrected chi connectivity index (χ0v) is 18.2. The van der Waals surface area contributed by atoms with Gasteiger partial charge < -0.3 is 4.90 Å². The van der Waals surface area contributed by atoms with Crippen molar-refractivity contribution >= 4 is 28.5 Å². The number of halogens is 2. The van der Waals surface area contributed by atoms with Crippen LogP contribution in [0.25, 0.3) is 11.0 Å². The molecule has 1 fully saturated rings. The lowest BCUT2D eigenvalue weighted by molar-refractivity contribution is 0.0626. The summed E-state index contributed by atoms with van der Waals surface area (Å²) >= 11 is 6.15. The van der Waals surface area contributed by atoms with E-state index in [1.807, 2.05) is 22.6 Å². The van der Waals surface area contributed by atoms with Gasteiger partial charge in [0.2, 0.25) is 0 Å². The molecule has 1 aliphatic rings. The van der Waals surface area contributed by atoms with Gasteiger partial charge in [-0.1, -0.05) is 17.7 Å². The summed E-state index contributed by atoms with van der Waals surface area (Å²) in [6, 6.07) is 6.82. The molecule has 3 heterocycles. The number of piperazine rings is 1. The van der Waals surface area contributed by atoms with E-state index < -0.39 is 0 Å². The van der Waals surface area contributed by atoms with Crippen molar-refractivity contribution in [1.82, 2.24) is 24.6 Å². The maximum absolute atomic E-state index is 14.1. The Labute approximate surface area is 180 Å². The van der Waals surface area contributed by atoms with Crippen LogP contribution >= 0.6 is 11.6 Å². The van der Waals surface area contributed by atoms with Crippen LogP contribution in [0.15, 0.2) is 30.5 Å². The normalized spacial score (nSPS) is 15.3. The average Bonchev–Trinajstić information content (AvgIpc) is 3.13. The lowest BCUT2D eigenvalue weighted by Gasteiger charge is -2.35. The number of aryl methyl sites for hydroxylation is 1. The first-order valence-electron chi connectivity index (χ1n) is 10.1. The zero-order chi connectivity index (χ0) is 21.4. The molecule has 0 aliphatic carbocycles. The molecule has 0 N–H and O–H groups in total. The second-order valence-electron chi connectivity index (χ2n) is 7.99. The van der Waals surface area contributed by atoms with Crippen LogP contribution in [-0.4, -0.2) is 56.7 Å². The molecule has 1 saturated heterocycles. The first-order valence-corrected chi connectivity index (χ1v) is 10.5. The molecule has 158 valence electrons. The number of rotatable bonds is 4. The smallest absolute Gasteiger partial charge is 0.255 e. The van der Waals surface area contributed by atoms with Crippen LogP contribution < -0.4 is 0 Å². The van der Waals surface area contributed by atoms with Gasteiger partial charge in [0.05, 0.1) is 17.5 Å². The molecule has 1 amide bonds. The van der Waals surface area contributed by atoms with Gasteiger partial charge in [-0.2, -0.15) is 5.10 Å². The van der Waals surface area contributed by atoms with Gasteiger partial charge in [0.1, 0.15) is 5.82 Å². The van der Waals surface area contributed by atoms with Gasteiger partial charge in [0.25, 0.3) is 5.91 Å². The highest BCUT2D eigenvalue weighted by molar-refractivity contribution is 6.31. The molecule has 3 aromatic rings. The monoisotopic (exact) mass is 429 g/mol. The Bertz CT molecular complexity index is 1070. The summed E-state index contributed by atoms with van der Waals surface area (Å²) in [5.74, 6) is -0.319. The van der Waals surface area contributed by atoms with E-state index in [0.29, 0.717) is 54.6 Å². The van der Waals surface area contributed by atoms with Crippen molar-refractivity contribution in [1.29, 1.82) is 0 Å². The van der Waals surface area contributed by atoms with Gasteiger partial charge in [-0.15, -0.1) is 0 Å². The van der Waals surface area contributed by atoms with Gasteiger partial charge in [-0.3, -0.25) is 9.69 Å². The summed E-state index contributed by atoms with van der Waals surface area (Å²) in [6.07, 6.45) is 1.76. The van der Waals surface area contributed by atoms with Gasteiger partial charge >= 0.3 is 0 Å². The maximum Gasteiger partial charge on any atom is 0.255 e. The summed E-state index contributed by atoms with van der Waals surface area (Å²) in [5.41, 5.74) is 2.61. The highest BCUT2D eigenvalue weighted by atomic mass is 35.5. The van der Waals surface area contributed by atoms with Crippen LogP contribution in [0.3, 0.4) is 0 Å². The molecule has 0 bridgehead atoms. The van der Waals surface area contributed by atoms with Crippen LogP contribution in [0.1, 0.15) is 41.5 Å². The van der Waals surface area contributed by atoms with Gasteiger partial charge in [0, 0.05) is 54.7 Å². The predicted molar refractivity (Wildman–Crippen MR) is 115 cm³/mol. The Morgan fingerprint density at radius 3 is 2.63 bits per heavy atom. The zero-order valence-electron chi connectivity index (χ0n) is 17.4. The van der Waals surface area contributed by atoms with E-state index >= 15 is 0 Å². The fourth-order valence-corrected chi connectivity index (χ4v) is 4.07. The molecule has 30 heavy (non-hydrogen) atoms. The van der Waals surface area contributed by atoms with Crippen molar-refractivity contribution in [2.24, 2.45) is 0 Å². The molecule has 0 radical (unpaired) electrons. The summed E-state index contributed by atoms with van der Waals surface area (Å²) in [6.45, 7) is 8.89. The maximum atomic E-state index is 14.1. The molecule has 8 heteroatoms. The quantitative estimate of drug-likeness (QED) is 0.627. The lowest BCUT2D eigenvalue weighted by Crippen LogP contribution is -2.48. The van der Waals surface area contributed by atoms with Gasteiger partial charge in [-0.05, 0) is 39.0 Å². The minimum Gasteiger partial charge on any atom is -0.336 e. The van der Waals surface area contributed by atoms with Crippen molar-refractivity contribution in [3.05, 3.63) is 58.1 Å². The molecule has 0 atom stereocenters. The minimum absolute atomic E-state index is 0.0252. The highest BCUT2D eigenvalue weighted by Crippen LogP contribution is 2.23. The molecule has 6 nitrogen and oxygen atoms in total. The summed E-state index contributed by atoms with van der Waals surface area (Å²) < 4.78 is 15.9. The number of carbonyl (C=O) groups excluding carboxylic acids is 1. The van der Waals surface area contributed by atoms with E-state index in [1.165, 1.54) is 6.07 Å². The van der Waals surface area contributed by atoms with E-state index in [4.69, 9.17) is 11.6 Å². The summed E-state index contributed by atoms with van der Waals surface area (Å²) in [7, 11) is 0. The number of carbonyl (C=O) groups is 1. The molecule has 0 saturated carbocycles. The summed E-state index contributed by atoms with van der Waals surface area (Å²) in [4.78, 5) is 21.7. The highest BCUT2D eigenvalue weighted by Gasteiger charge is 2.25. The molecule has 2 aromatic heterocycles. The van der Waals surface area contributed by atoms with E-state index in [9.17, 15) is 9.18 Å². The van der Waals surface area contributed by atoms with Crippen LogP contribution in [-0.2, 0) is 6.54 Å². The third kappa shape index (κ3) is 3.91. The second kappa shape index (κ2) is 8.32. The number of aromatic nitrogens is 3. The first kappa shape index (κ1) is 20.8. The Kier molecular flexibility index (Phi) is 5.75. The standard InChI is InChI=1S/C22H25ClFN5O/c1-14(2)29-21-16(12-25-29)11-17(15(3)26-21)22(30)28-9-7-27(8-10-28)13-18-19(23)5-4-6-20(18)24/h4-6,11-12,14H,7-10,13H2,1-3H3. The summed E-state index contributed by atoms with van der Waals surface area (Å²) in [5, 5.41) is 5.70. The van der Waals surface area contributed by atoms with Crippen molar-refractivity contribution < 1.29 is 9.18 Å².